The minimum atomic E-state index is -0.462. The van der Waals surface area contributed by atoms with Crippen molar-refractivity contribution in [3.8, 4) is 0 Å². The average molecular weight is 194 g/mol. The lowest BCUT2D eigenvalue weighted by Crippen LogP contribution is -2.32. The summed E-state index contributed by atoms with van der Waals surface area (Å²) in [5, 5.41) is 0.449. The Balaban J connectivity index is 3.15. The summed E-state index contributed by atoms with van der Waals surface area (Å²) >= 11 is 0. The first-order valence-electron chi connectivity index (χ1n) is 4.21. The maximum Gasteiger partial charge on any atom is 0.330 e. The third-order valence-corrected chi connectivity index (χ3v) is 2.43. The summed E-state index contributed by atoms with van der Waals surface area (Å²) in [6.07, 6.45) is 0. The maximum atomic E-state index is 11.7. The summed E-state index contributed by atoms with van der Waals surface area (Å²) in [5.41, 5.74) is 0.249. The van der Waals surface area contributed by atoms with Crippen molar-refractivity contribution in [1.29, 1.82) is 0 Å². The summed E-state index contributed by atoms with van der Waals surface area (Å²) in [5.74, 6) is 0.652. The van der Waals surface area contributed by atoms with Crippen molar-refractivity contribution < 1.29 is 4.42 Å². The van der Waals surface area contributed by atoms with Crippen molar-refractivity contribution >= 4 is 11.1 Å². The number of aryl methyl sites for hydroxylation is 2. The van der Waals surface area contributed by atoms with Crippen LogP contribution in [-0.2, 0) is 7.05 Å². The zero-order valence-corrected chi connectivity index (χ0v) is 8.17. The van der Waals surface area contributed by atoms with Crippen LogP contribution in [0.2, 0.25) is 0 Å². The van der Waals surface area contributed by atoms with E-state index in [1.165, 1.54) is 7.05 Å². The smallest absolute Gasteiger partial charge is 0.330 e. The monoisotopic (exact) mass is 194 g/mol. The molecule has 0 spiro atoms. The molecule has 0 aliphatic carbocycles. The molecule has 0 bridgehead atoms. The van der Waals surface area contributed by atoms with Crippen molar-refractivity contribution in [2.24, 2.45) is 7.05 Å². The molecule has 74 valence electrons. The van der Waals surface area contributed by atoms with E-state index in [1.54, 1.807) is 13.8 Å². The summed E-state index contributed by atoms with van der Waals surface area (Å²) in [6.45, 7) is 3.55. The minimum Gasteiger partial charge on any atom is -0.444 e. The molecule has 0 radical (unpaired) electrons. The Morgan fingerprint density at radius 2 is 1.93 bits per heavy atom. The lowest BCUT2D eigenvalue weighted by Gasteiger charge is -1.94. The van der Waals surface area contributed by atoms with Gasteiger partial charge in [0, 0.05) is 12.6 Å². The third kappa shape index (κ3) is 0.951. The Labute approximate surface area is 79.0 Å². The Kier molecular flexibility index (Phi) is 1.64. The van der Waals surface area contributed by atoms with E-state index in [9.17, 15) is 9.59 Å². The molecule has 14 heavy (non-hydrogen) atoms. The van der Waals surface area contributed by atoms with E-state index in [1.807, 2.05) is 0 Å². The Bertz CT molecular complexity index is 615. The lowest BCUT2D eigenvalue weighted by atomic mass is 10.2. The van der Waals surface area contributed by atoms with E-state index < -0.39 is 5.69 Å². The molecule has 0 amide bonds. The van der Waals surface area contributed by atoms with Crippen LogP contribution in [0.3, 0.4) is 0 Å². The molecule has 0 unspecified atom stereocenters. The molecule has 0 fully saturated rings. The second-order valence-electron chi connectivity index (χ2n) is 3.28. The van der Waals surface area contributed by atoms with E-state index in [0.717, 1.165) is 10.1 Å². The first-order chi connectivity index (χ1) is 6.52. The number of aromatic nitrogens is 2. The molecule has 2 aromatic rings. The first kappa shape index (κ1) is 8.80. The molecular formula is C9H10N2O3. The molecule has 5 nitrogen and oxygen atoms in total. The second kappa shape index (κ2) is 2.60. The summed E-state index contributed by atoms with van der Waals surface area (Å²) in [6, 6.07) is 0. The SMILES string of the molecule is Cc1oc2[nH]c(=O)n(C)c(=O)c2c1C. The molecule has 2 rings (SSSR count). The number of rotatable bonds is 0. The first-order valence-corrected chi connectivity index (χ1v) is 4.21. The minimum absolute atomic E-state index is 0.258. The van der Waals surface area contributed by atoms with Gasteiger partial charge in [-0.3, -0.25) is 14.3 Å². The molecule has 5 heteroatoms. The maximum absolute atomic E-state index is 11.7. The fourth-order valence-corrected chi connectivity index (χ4v) is 1.41. The highest BCUT2D eigenvalue weighted by atomic mass is 16.3. The van der Waals surface area contributed by atoms with Crippen LogP contribution in [0.25, 0.3) is 11.1 Å². The predicted octanol–water partition coefficient (Wildman–Crippen LogP) is 0.437. The fraction of sp³-hybridized carbons (Fsp3) is 0.333. The zero-order chi connectivity index (χ0) is 10.5. The molecule has 0 aromatic carbocycles. The average Bonchev–Trinajstić information content (AvgIpc) is 2.39. The Morgan fingerprint density at radius 1 is 1.29 bits per heavy atom. The van der Waals surface area contributed by atoms with Gasteiger partial charge in [0.05, 0.1) is 0 Å². The van der Waals surface area contributed by atoms with Crippen LogP contribution in [0.4, 0.5) is 0 Å². The quantitative estimate of drug-likeness (QED) is 0.661. The normalized spacial score (nSPS) is 11.1. The second-order valence-corrected chi connectivity index (χ2v) is 3.28. The summed E-state index contributed by atoms with van der Waals surface area (Å²) in [7, 11) is 1.43. The zero-order valence-electron chi connectivity index (χ0n) is 8.17. The number of nitrogens with one attached hydrogen (secondary N) is 1. The van der Waals surface area contributed by atoms with E-state index in [0.29, 0.717) is 11.1 Å². The standard InChI is InChI=1S/C9H10N2O3/c1-4-5(2)14-7-6(4)8(12)11(3)9(13)10-7/h1-3H3,(H,10,13). The van der Waals surface area contributed by atoms with Gasteiger partial charge in [0.25, 0.3) is 5.56 Å². The van der Waals surface area contributed by atoms with Gasteiger partial charge in [-0.05, 0) is 13.8 Å². The van der Waals surface area contributed by atoms with Crippen LogP contribution in [0.1, 0.15) is 11.3 Å². The van der Waals surface area contributed by atoms with Gasteiger partial charge >= 0.3 is 5.69 Å². The van der Waals surface area contributed by atoms with Gasteiger partial charge in [0.1, 0.15) is 11.1 Å². The van der Waals surface area contributed by atoms with Crippen LogP contribution in [0.15, 0.2) is 14.0 Å². The summed E-state index contributed by atoms with van der Waals surface area (Å²) < 4.78 is 6.28. The molecule has 1 N–H and O–H groups in total. The van der Waals surface area contributed by atoms with Gasteiger partial charge in [-0.2, -0.15) is 0 Å². The molecule has 2 heterocycles. The van der Waals surface area contributed by atoms with Crippen LogP contribution in [0.5, 0.6) is 0 Å². The van der Waals surface area contributed by atoms with Crippen molar-refractivity contribution in [1.82, 2.24) is 9.55 Å². The molecule has 0 aliphatic rings. The number of hydrogen-bond donors (Lipinski definition) is 1. The van der Waals surface area contributed by atoms with Gasteiger partial charge < -0.3 is 4.42 Å². The van der Waals surface area contributed by atoms with Crippen LogP contribution >= 0.6 is 0 Å². The largest absolute Gasteiger partial charge is 0.444 e. The van der Waals surface area contributed by atoms with Crippen LogP contribution in [0, 0.1) is 13.8 Å². The number of hydrogen-bond acceptors (Lipinski definition) is 3. The highest BCUT2D eigenvalue weighted by Gasteiger charge is 2.13. The lowest BCUT2D eigenvalue weighted by molar-refractivity contribution is 0.559. The number of aromatic amines is 1. The highest BCUT2D eigenvalue weighted by Crippen LogP contribution is 2.17. The Morgan fingerprint density at radius 3 is 2.57 bits per heavy atom. The highest BCUT2D eigenvalue weighted by molar-refractivity contribution is 5.77. The van der Waals surface area contributed by atoms with Crippen molar-refractivity contribution in [3.05, 3.63) is 32.2 Å². The van der Waals surface area contributed by atoms with E-state index >= 15 is 0 Å². The predicted molar refractivity (Wildman–Crippen MR) is 51.5 cm³/mol. The van der Waals surface area contributed by atoms with E-state index in [2.05, 4.69) is 4.98 Å². The number of fused-ring (bicyclic) bond motifs is 1. The van der Waals surface area contributed by atoms with Gasteiger partial charge in [0.15, 0.2) is 0 Å². The third-order valence-electron chi connectivity index (χ3n) is 2.43. The van der Waals surface area contributed by atoms with Crippen molar-refractivity contribution in [2.45, 2.75) is 13.8 Å². The number of H-pyrrole nitrogens is 1. The molecule has 0 saturated carbocycles. The van der Waals surface area contributed by atoms with E-state index in [4.69, 9.17) is 4.42 Å². The molecule has 0 saturated heterocycles. The van der Waals surface area contributed by atoms with Gasteiger partial charge in [-0.1, -0.05) is 0 Å². The van der Waals surface area contributed by atoms with Crippen molar-refractivity contribution in [2.75, 3.05) is 0 Å². The van der Waals surface area contributed by atoms with Crippen molar-refractivity contribution in [3.63, 3.8) is 0 Å². The molecular weight excluding hydrogens is 184 g/mol. The van der Waals surface area contributed by atoms with Gasteiger partial charge in [-0.15, -0.1) is 0 Å². The fourth-order valence-electron chi connectivity index (χ4n) is 1.41. The van der Waals surface area contributed by atoms with E-state index in [-0.39, 0.29) is 11.3 Å². The molecule has 0 aliphatic heterocycles. The summed E-state index contributed by atoms with van der Waals surface area (Å²) in [4.78, 5) is 25.4. The van der Waals surface area contributed by atoms with Crippen LogP contribution < -0.4 is 11.2 Å². The van der Waals surface area contributed by atoms with Crippen LogP contribution in [-0.4, -0.2) is 9.55 Å². The number of furan rings is 1. The van der Waals surface area contributed by atoms with Gasteiger partial charge in [-0.25, -0.2) is 4.79 Å². The number of nitrogens with zero attached hydrogens (tertiary/aromatic N) is 1. The molecule has 0 atom stereocenters. The van der Waals surface area contributed by atoms with Gasteiger partial charge in [0.2, 0.25) is 5.71 Å². The molecule has 2 aromatic heterocycles. The topological polar surface area (TPSA) is 68.0 Å². The Hall–Kier alpha value is -1.78.